The summed E-state index contributed by atoms with van der Waals surface area (Å²) in [5.74, 6) is 0. The van der Waals surface area contributed by atoms with Crippen LogP contribution in [0.4, 0.5) is 0 Å². The monoisotopic (exact) mass is 117 g/mol. The van der Waals surface area contributed by atoms with Crippen LogP contribution in [0.3, 0.4) is 0 Å². The van der Waals surface area contributed by atoms with Gasteiger partial charge in [0.2, 0.25) is 0 Å². The maximum Gasteiger partial charge on any atom is 1.00 e. The first-order valence-corrected chi connectivity index (χ1v) is 2.22. The van der Waals surface area contributed by atoms with Crippen LogP contribution in [-0.2, 0) is 9.09 Å². The molecule has 0 aliphatic heterocycles. The summed E-state index contributed by atoms with van der Waals surface area (Å²) in [6.45, 7) is 2.34. The van der Waals surface area contributed by atoms with Crippen LogP contribution >= 0.6 is 8.69 Å². The third kappa shape index (κ3) is 8.91. The van der Waals surface area contributed by atoms with Gasteiger partial charge in [-0.1, -0.05) is 0 Å². The Kier molecular flexibility index (Phi) is 15.9. The molecule has 32 valence electrons. The second-order valence-corrected chi connectivity index (χ2v) is 0.972. The zero-order valence-electron chi connectivity index (χ0n) is 5.02. The van der Waals surface area contributed by atoms with Crippen molar-refractivity contribution >= 4 is 8.69 Å². The SMILES string of the molecule is CCO[PH+]=O.[H-].[Na+]. The molecule has 0 bridgehead atoms. The van der Waals surface area contributed by atoms with E-state index in [1.54, 1.807) is 6.92 Å². The fourth-order valence-corrected chi connectivity index (χ4v) is 0.177. The minimum absolute atomic E-state index is 0. The molecule has 0 N–H and O–H groups in total. The summed E-state index contributed by atoms with van der Waals surface area (Å²) >= 11 is 0. The van der Waals surface area contributed by atoms with E-state index in [1.807, 2.05) is 0 Å². The molecule has 2 nitrogen and oxygen atoms in total. The summed E-state index contributed by atoms with van der Waals surface area (Å²) in [7, 11) is -0.592. The number of hydrogen-bond acceptors (Lipinski definition) is 2. The first-order chi connectivity index (χ1) is 2.41. The molecule has 0 saturated carbocycles. The van der Waals surface area contributed by atoms with Crippen molar-refractivity contribution < 1.29 is 40.1 Å². The van der Waals surface area contributed by atoms with Crippen molar-refractivity contribution in [1.29, 1.82) is 0 Å². The molecule has 0 radical (unpaired) electrons. The maximum atomic E-state index is 9.34. The Balaban J connectivity index is -0.0000000800. The minimum atomic E-state index is -0.592. The molecule has 1 unspecified atom stereocenters. The smallest absolute Gasteiger partial charge is 1.00 e. The molecule has 0 spiro atoms. The van der Waals surface area contributed by atoms with Gasteiger partial charge in [0.05, 0.1) is 6.61 Å². The van der Waals surface area contributed by atoms with E-state index in [4.69, 9.17) is 0 Å². The van der Waals surface area contributed by atoms with Crippen LogP contribution in [0.2, 0.25) is 0 Å². The molecular formula is C2H7NaO2P+. The summed E-state index contributed by atoms with van der Waals surface area (Å²) < 4.78 is 13.6. The number of rotatable bonds is 2. The molecule has 0 aromatic carbocycles. The van der Waals surface area contributed by atoms with Gasteiger partial charge in [0.1, 0.15) is 0 Å². The molecule has 0 aromatic heterocycles. The Labute approximate surface area is 62.3 Å². The van der Waals surface area contributed by atoms with E-state index in [1.165, 1.54) is 0 Å². The molecule has 0 rings (SSSR count). The first-order valence-electron chi connectivity index (χ1n) is 1.40. The molecule has 0 aliphatic carbocycles. The van der Waals surface area contributed by atoms with Gasteiger partial charge in [-0.25, -0.2) is 0 Å². The van der Waals surface area contributed by atoms with Crippen molar-refractivity contribution in [3.8, 4) is 0 Å². The second-order valence-electron chi connectivity index (χ2n) is 0.516. The zero-order chi connectivity index (χ0) is 4.12. The van der Waals surface area contributed by atoms with Gasteiger partial charge in [-0.05, 0) is 11.5 Å². The summed E-state index contributed by atoms with van der Waals surface area (Å²) in [4.78, 5) is 0. The van der Waals surface area contributed by atoms with Gasteiger partial charge >= 0.3 is 38.2 Å². The number of hydrogen-bond donors (Lipinski definition) is 0. The van der Waals surface area contributed by atoms with Crippen LogP contribution in [0.5, 0.6) is 0 Å². The Morgan fingerprint density at radius 1 is 2.00 bits per heavy atom. The quantitative estimate of drug-likeness (QED) is 0.311. The zero-order valence-corrected chi connectivity index (χ0v) is 7.02. The fourth-order valence-electron chi connectivity index (χ4n) is 0.0589. The third-order valence-electron chi connectivity index (χ3n) is 0.203. The summed E-state index contributed by atoms with van der Waals surface area (Å²) in [6.07, 6.45) is 0. The van der Waals surface area contributed by atoms with Crippen LogP contribution in [0.15, 0.2) is 0 Å². The van der Waals surface area contributed by atoms with E-state index in [2.05, 4.69) is 4.52 Å². The van der Waals surface area contributed by atoms with Gasteiger partial charge in [0.25, 0.3) is 0 Å². The minimum Gasteiger partial charge on any atom is -1.00 e. The molecular weight excluding hydrogens is 110 g/mol. The molecule has 0 aliphatic rings. The standard InChI is InChI=1S/C2H6O2P.Na.H/c1-2-4-5-3;;/h5H,2H2,1H3;;/q2*+1;-1. The van der Waals surface area contributed by atoms with Gasteiger partial charge in [0, 0.05) is 0 Å². The second kappa shape index (κ2) is 9.41. The Morgan fingerprint density at radius 2 is 2.50 bits per heavy atom. The molecule has 0 amide bonds. The third-order valence-corrected chi connectivity index (χ3v) is 0.610. The average Bonchev–Trinajstić information content (AvgIpc) is 1.41. The topological polar surface area (TPSA) is 26.3 Å². The average molecular weight is 117 g/mol. The van der Waals surface area contributed by atoms with E-state index in [0.29, 0.717) is 6.61 Å². The first kappa shape index (κ1) is 10.1. The Hall–Kier alpha value is 1.06. The van der Waals surface area contributed by atoms with Crippen LogP contribution in [-0.4, -0.2) is 6.61 Å². The van der Waals surface area contributed by atoms with Crippen molar-refractivity contribution in [2.24, 2.45) is 0 Å². The van der Waals surface area contributed by atoms with Crippen LogP contribution in [0.25, 0.3) is 0 Å². The van der Waals surface area contributed by atoms with E-state index in [0.717, 1.165) is 0 Å². The normalized spacial score (nSPS) is 7.50. The predicted molar refractivity (Wildman–Crippen MR) is 21.7 cm³/mol. The maximum absolute atomic E-state index is 9.34. The summed E-state index contributed by atoms with van der Waals surface area (Å²) in [5, 5.41) is 0. The summed E-state index contributed by atoms with van der Waals surface area (Å²) in [6, 6.07) is 0. The van der Waals surface area contributed by atoms with Gasteiger partial charge in [-0.15, -0.1) is 4.52 Å². The van der Waals surface area contributed by atoms with Crippen molar-refractivity contribution in [2.45, 2.75) is 6.92 Å². The summed E-state index contributed by atoms with van der Waals surface area (Å²) in [5.41, 5.74) is 0. The molecule has 0 saturated heterocycles. The van der Waals surface area contributed by atoms with Crippen LogP contribution in [0, 0.1) is 0 Å². The van der Waals surface area contributed by atoms with Crippen LogP contribution < -0.4 is 29.6 Å². The van der Waals surface area contributed by atoms with E-state index < -0.39 is 8.69 Å². The van der Waals surface area contributed by atoms with E-state index >= 15 is 0 Å². The van der Waals surface area contributed by atoms with Crippen molar-refractivity contribution in [1.82, 2.24) is 0 Å². The fraction of sp³-hybridized carbons (Fsp3) is 1.00. The van der Waals surface area contributed by atoms with E-state index in [-0.39, 0.29) is 31.0 Å². The molecule has 1 atom stereocenters. The van der Waals surface area contributed by atoms with Crippen molar-refractivity contribution in [2.75, 3.05) is 6.61 Å². The molecule has 0 heterocycles. The van der Waals surface area contributed by atoms with E-state index in [9.17, 15) is 4.57 Å². The van der Waals surface area contributed by atoms with Crippen molar-refractivity contribution in [3.63, 3.8) is 0 Å². The molecule has 4 heteroatoms. The van der Waals surface area contributed by atoms with Gasteiger partial charge in [0.15, 0.2) is 0 Å². The molecule has 6 heavy (non-hydrogen) atoms. The van der Waals surface area contributed by atoms with Gasteiger partial charge in [-0.2, -0.15) is 0 Å². The largest absolute Gasteiger partial charge is 1.00 e. The predicted octanol–water partition coefficient (Wildman–Crippen LogP) is -1.92. The molecule has 0 aromatic rings. The molecule has 0 fully saturated rings. The Bertz CT molecular complexity index is 36.9. The van der Waals surface area contributed by atoms with Crippen LogP contribution in [0.1, 0.15) is 8.35 Å². The Morgan fingerprint density at radius 3 is 2.50 bits per heavy atom. The van der Waals surface area contributed by atoms with Gasteiger partial charge < -0.3 is 1.43 Å². The van der Waals surface area contributed by atoms with Gasteiger partial charge in [-0.3, -0.25) is 0 Å². The van der Waals surface area contributed by atoms with Crippen molar-refractivity contribution in [3.05, 3.63) is 0 Å².